The van der Waals surface area contributed by atoms with Crippen molar-refractivity contribution >= 4 is 19.9 Å². The molecule has 0 spiro atoms. The third-order valence-corrected chi connectivity index (χ3v) is 4.06. The van der Waals surface area contributed by atoms with Crippen LogP contribution in [0, 0.1) is 0 Å². The summed E-state index contributed by atoms with van der Waals surface area (Å²) in [6, 6.07) is 15.3. The first-order chi connectivity index (χ1) is 9.20. The molecule has 19 heavy (non-hydrogen) atoms. The SMILES string of the molecule is COC(=O)c1ccc(CPc2ccccc2)cc1O. The van der Waals surface area contributed by atoms with Crippen molar-refractivity contribution in [3.8, 4) is 5.75 Å². The van der Waals surface area contributed by atoms with Crippen molar-refractivity contribution in [1.29, 1.82) is 0 Å². The van der Waals surface area contributed by atoms with E-state index in [9.17, 15) is 9.90 Å². The normalized spacial score (nSPS) is 10.8. The van der Waals surface area contributed by atoms with Crippen LogP contribution in [0.4, 0.5) is 0 Å². The summed E-state index contributed by atoms with van der Waals surface area (Å²) in [5.41, 5.74) is 1.21. The molecule has 1 unspecified atom stereocenters. The number of ether oxygens (including phenoxy) is 1. The van der Waals surface area contributed by atoms with E-state index in [-0.39, 0.29) is 11.3 Å². The van der Waals surface area contributed by atoms with Crippen molar-refractivity contribution in [2.75, 3.05) is 7.11 Å². The number of methoxy groups -OCH3 is 1. The van der Waals surface area contributed by atoms with Crippen molar-refractivity contribution in [2.24, 2.45) is 0 Å². The molecule has 1 N–H and O–H groups in total. The van der Waals surface area contributed by atoms with E-state index in [2.05, 4.69) is 16.9 Å². The van der Waals surface area contributed by atoms with E-state index in [1.54, 1.807) is 12.1 Å². The van der Waals surface area contributed by atoms with Gasteiger partial charge in [-0.05, 0) is 29.2 Å². The highest BCUT2D eigenvalue weighted by atomic mass is 31.1. The van der Waals surface area contributed by atoms with Crippen LogP contribution >= 0.6 is 8.58 Å². The molecule has 0 bridgehead atoms. The number of hydrogen-bond donors (Lipinski definition) is 1. The zero-order chi connectivity index (χ0) is 13.7. The molecule has 4 heteroatoms. The fourth-order valence-electron chi connectivity index (χ4n) is 1.73. The minimum absolute atomic E-state index is 0.0257. The third kappa shape index (κ3) is 3.55. The van der Waals surface area contributed by atoms with Crippen molar-refractivity contribution in [2.45, 2.75) is 6.16 Å². The molecule has 0 saturated carbocycles. The van der Waals surface area contributed by atoms with Crippen LogP contribution < -0.4 is 5.30 Å². The predicted octanol–water partition coefficient (Wildman–Crippen LogP) is 2.68. The van der Waals surface area contributed by atoms with Crippen LogP contribution in [-0.4, -0.2) is 18.2 Å². The van der Waals surface area contributed by atoms with Crippen molar-refractivity contribution in [3.05, 3.63) is 59.7 Å². The van der Waals surface area contributed by atoms with E-state index in [1.165, 1.54) is 12.4 Å². The molecule has 2 rings (SSSR count). The maximum Gasteiger partial charge on any atom is 0.341 e. The third-order valence-electron chi connectivity index (χ3n) is 2.74. The van der Waals surface area contributed by atoms with E-state index in [0.29, 0.717) is 8.58 Å². The Morgan fingerprint density at radius 3 is 2.58 bits per heavy atom. The molecular formula is C15H15O3P. The van der Waals surface area contributed by atoms with Gasteiger partial charge in [-0.3, -0.25) is 0 Å². The lowest BCUT2D eigenvalue weighted by atomic mass is 10.1. The summed E-state index contributed by atoms with van der Waals surface area (Å²) in [6.45, 7) is 0. The minimum Gasteiger partial charge on any atom is -0.507 e. The lowest BCUT2D eigenvalue weighted by Gasteiger charge is -2.06. The number of aromatic hydroxyl groups is 1. The molecule has 0 saturated heterocycles. The van der Waals surface area contributed by atoms with Gasteiger partial charge in [0.15, 0.2) is 0 Å². The molecule has 0 aromatic heterocycles. The summed E-state index contributed by atoms with van der Waals surface area (Å²) in [6.07, 6.45) is 0.846. The second-order valence-electron chi connectivity index (χ2n) is 4.06. The molecule has 1 atom stereocenters. The molecule has 0 heterocycles. The van der Waals surface area contributed by atoms with E-state index >= 15 is 0 Å². The Bertz CT molecular complexity index is 567. The van der Waals surface area contributed by atoms with Crippen LogP contribution in [0.15, 0.2) is 48.5 Å². The average molecular weight is 274 g/mol. The Kier molecular flexibility index (Phi) is 4.53. The first kappa shape index (κ1) is 13.6. The average Bonchev–Trinajstić information content (AvgIpc) is 2.45. The topological polar surface area (TPSA) is 46.5 Å². The van der Waals surface area contributed by atoms with Gasteiger partial charge in [0, 0.05) is 0 Å². The highest BCUT2D eigenvalue weighted by Crippen LogP contribution is 2.24. The van der Waals surface area contributed by atoms with Gasteiger partial charge < -0.3 is 9.84 Å². The number of phenols is 1. The Morgan fingerprint density at radius 2 is 1.95 bits per heavy atom. The number of rotatable bonds is 4. The van der Waals surface area contributed by atoms with E-state index in [0.717, 1.165) is 11.7 Å². The number of hydrogen-bond acceptors (Lipinski definition) is 3. The largest absolute Gasteiger partial charge is 0.507 e. The highest BCUT2D eigenvalue weighted by Gasteiger charge is 2.11. The number of benzene rings is 2. The van der Waals surface area contributed by atoms with Gasteiger partial charge in [-0.25, -0.2) is 4.79 Å². The van der Waals surface area contributed by atoms with Gasteiger partial charge in [0.25, 0.3) is 0 Å². The summed E-state index contributed by atoms with van der Waals surface area (Å²) in [7, 11) is 1.94. The zero-order valence-corrected chi connectivity index (χ0v) is 11.6. The molecule has 0 fully saturated rings. The first-order valence-electron chi connectivity index (χ1n) is 5.90. The van der Waals surface area contributed by atoms with Crippen LogP contribution in [-0.2, 0) is 10.9 Å². The fourth-order valence-corrected chi connectivity index (χ4v) is 2.79. The Hall–Kier alpha value is -1.86. The Balaban J connectivity index is 2.06. The number of phenolic OH excluding ortho intramolecular Hbond substituents is 1. The van der Waals surface area contributed by atoms with E-state index < -0.39 is 5.97 Å². The van der Waals surface area contributed by atoms with Gasteiger partial charge in [0.1, 0.15) is 11.3 Å². The Labute approximate surface area is 114 Å². The van der Waals surface area contributed by atoms with Crippen LogP contribution in [0.5, 0.6) is 5.75 Å². The van der Waals surface area contributed by atoms with Crippen molar-refractivity contribution < 1.29 is 14.6 Å². The number of esters is 1. The maximum atomic E-state index is 11.3. The second-order valence-corrected chi connectivity index (χ2v) is 5.35. The molecule has 0 aliphatic carbocycles. The van der Waals surface area contributed by atoms with Crippen LogP contribution in [0.2, 0.25) is 0 Å². The quantitative estimate of drug-likeness (QED) is 0.688. The molecule has 0 aliphatic heterocycles. The second kappa shape index (κ2) is 6.35. The maximum absolute atomic E-state index is 11.3. The molecule has 98 valence electrons. The van der Waals surface area contributed by atoms with Gasteiger partial charge in [-0.1, -0.05) is 45.0 Å². The lowest BCUT2D eigenvalue weighted by Crippen LogP contribution is -2.01. The standard InChI is InChI=1S/C15H15O3P/c1-18-15(17)13-8-7-11(9-14(13)16)10-19-12-5-3-2-4-6-12/h2-9,16,19H,10H2,1H3. The zero-order valence-electron chi connectivity index (χ0n) is 10.6. The first-order valence-corrected chi connectivity index (χ1v) is 7.10. The van der Waals surface area contributed by atoms with Gasteiger partial charge >= 0.3 is 5.97 Å². The van der Waals surface area contributed by atoms with Gasteiger partial charge in [0.2, 0.25) is 0 Å². The van der Waals surface area contributed by atoms with Crippen molar-refractivity contribution in [3.63, 3.8) is 0 Å². The monoisotopic (exact) mass is 274 g/mol. The highest BCUT2D eigenvalue weighted by molar-refractivity contribution is 7.46. The fraction of sp³-hybridized carbons (Fsp3) is 0.133. The van der Waals surface area contributed by atoms with Gasteiger partial charge in [-0.15, -0.1) is 0 Å². The summed E-state index contributed by atoms with van der Waals surface area (Å²) < 4.78 is 4.59. The molecule has 0 radical (unpaired) electrons. The molecule has 3 nitrogen and oxygen atoms in total. The van der Waals surface area contributed by atoms with Crippen molar-refractivity contribution in [1.82, 2.24) is 0 Å². The molecule has 0 amide bonds. The van der Waals surface area contributed by atoms with Gasteiger partial charge in [-0.2, -0.15) is 0 Å². The molecule has 2 aromatic carbocycles. The number of carbonyl (C=O) groups excluding carboxylic acids is 1. The predicted molar refractivity (Wildman–Crippen MR) is 77.5 cm³/mol. The number of carbonyl (C=O) groups is 1. The lowest BCUT2D eigenvalue weighted by molar-refractivity contribution is 0.0597. The summed E-state index contributed by atoms with van der Waals surface area (Å²) in [5, 5.41) is 11.1. The van der Waals surface area contributed by atoms with Crippen LogP contribution in [0.1, 0.15) is 15.9 Å². The Morgan fingerprint density at radius 1 is 1.21 bits per heavy atom. The van der Waals surface area contributed by atoms with Crippen LogP contribution in [0.25, 0.3) is 0 Å². The molecular weight excluding hydrogens is 259 g/mol. The molecule has 0 aliphatic rings. The molecule has 2 aromatic rings. The summed E-state index contributed by atoms with van der Waals surface area (Å²) in [5.74, 6) is -0.545. The van der Waals surface area contributed by atoms with E-state index in [4.69, 9.17) is 0 Å². The summed E-state index contributed by atoms with van der Waals surface area (Å²) >= 11 is 0. The minimum atomic E-state index is -0.519. The smallest absolute Gasteiger partial charge is 0.341 e. The van der Waals surface area contributed by atoms with Gasteiger partial charge in [0.05, 0.1) is 7.11 Å². The van der Waals surface area contributed by atoms with E-state index in [1.807, 2.05) is 24.3 Å². The van der Waals surface area contributed by atoms with Crippen LogP contribution in [0.3, 0.4) is 0 Å². The summed E-state index contributed by atoms with van der Waals surface area (Å²) in [4.78, 5) is 11.3.